The Morgan fingerprint density at radius 2 is 2.19 bits per heavy atom. The van der Waals surface area contributed by atoms with E-state index in [1.807, 2.05) is 18.2 Å². The summed E-state index contributed by atoms with van der Waals surface area (Å²) >= 11 is 0. The van der Waals surface area contributed by atoms with Crippen molar-refractivity contribution in [3.63, 3.8) is 0 Å². The molecule has 0 bridgehead atoms. The fourth-order valence-corrected chi connectivity index (χ4v) is 3.36. The first kappa shape index (κ1) is 13.9. The molecule has 1 aliphatic rings. The Labute approximate surface area is 124 Å². The number of rotatable bonds is 3. The van der Waals surface area contributed by atoms with Gasteiger partial charge >= 0.3 is 5.97 Å². The van der Waals surface area contributed by atoms with Crippen LogP contribution in [0, 0.1) is 11.8 Å². The predicted octanol–water partition coefficient (Wildman–Crippen LogP) is 3.27. The van der Waals surface area contributed by atoms with Crippen LogP contribution in [0.15, 0.2) is 24.4 Å². The van der Waals surface area contributed by atoms with Crippen LogP contribution in [0.5, 0.6) is 0 Å². The third kappa shape index (κ3) is 2.60. The summed E-state index contributed by atoms with van der Waals surface area (Å²) < 4.78 is 1.63. The van der Waals surface area contributed by atoms with Gasteiger partial charge < -0.3 is 10.4 Å². The van der Waals surface area contributed by atoms with E-state index in [2.05, 4.69) is 24.1 Å². The van der Waals surface area contributed by atoms with Gasteiger partial charge in [0.25, 0.3) is 0 Å². The molecule has 3 unspecified atom stereocenters. The van der Waals surface area contributed by atoms with Gasteiger partial charge in [0.15, 0.2) is 11.5 Å². The van der Waals surface area contributed by atoms with E-state index in [-0.39, 0.29) is 5.69 Å². The van der Waals surface area contributed by atoms with E-state index in [4.69, 9.17) is 0 Å². The number of nitrogens with one attached hydrogen (secondary N) is 1. The summed E-state index contributed by atoms with van der Waals surface area (Å²) in [6.45, 7) is 4.50. The summed E-state index contributed by atoms with van der Waals surface area (Å²) in [5.74, 6) is 0.811. The lowest BCUT2D eigenvalue weighted by molar-refractivity contribution is 0.0690. The maximum Gasteiger partial charge on any atom is 0.356 e. The smallest absolute Gasteiger partial charge is 0.356 e. The molecule has 2 heterocycles. The van der Waals surface area contributed by atoms with Gasteiger partial charge in [0.05, 0.1) is 0 Å². The minimum absolute atomic E-state index is 0.219. The van der Waals surface area contributed by atoms with Crippen LogP contribution in [-0.2, 0) is 0 Å². The van der Waals surface area contributed by atoms with Crippen LogP contribution in [0.1, 0.15) is 43.6 Å². The molecular weight excluding hydrogens is 266 g/mol. The van der Waals surface area contributed by atoms with Gasteiger partial charge in [0.1, 0.15) is 5.65 Å². The zero-order valence-electron chi connectivity index (χ0n) is 12.4. The highest BCUT2D eigenvalue weighted by molar-refractivity contribution is 5.93. The average molecular weight is 287 g/mol. The van der Waals surface area contributed by atoms with Crippen molar-refractivity contribution in [3.05, 3.63) is 30.1 Å². The highest BCUT2D eigenvalue weighted by atomic mass is 16.4. The standard InChI is InChI=1S/C16H21N3O2/c1-10-6-7-12(11(2)9-10)17-15-14(16(20)21)19-8-4-3-5-13(19)18-15/h3-5,8,10-12,17H,6-7,9H2,1-2H3,(H,20,21). The summed E-state index contributed by atoms with van der Waals surface area (Å²) in [7, 11) is 0. The zero-order valence-corrected chi connectivity index (χ0v) is 12.4. The lowest BCUT2D eigenvalue weighted by Crippen LogP contribution is -2.33. The van der Waals surface area contributed by atoms with E-state index >= 15 is 0 Å². The van der Waals surface area contributed by atoms with Crippen molar-refractivity contribution in [2.24, 2.45) is 11.8 Å². The second-order valence-corrected chi connectivity index (χ2v) is 6.19. The number of imidazole rings is 1. The summed E-state index contributed by atoms with van der Waals surface area (Å²) in [6.07, 6.45) is 5.16. The normalized spacial score (nSPS) is 25.9. The molecule has 112 valence electrons. The van der Waals surface area contributed by atoms with Gasteiger partial charge in [-0.2, -0.15) is 0 Å². The molecule has 0 aliphatic heterocycles. The zero-order chi connectivity index (χ0) is 15.0. The SMILES string of the molecule is CC1CCC(Nc2nc3ccccn3c2C(=O)O)C(C)C1. The number of hydrogen-bond donors (Lipinski definition) is 2. The monoisotopic (exact) mass is 287 g/mol. The van der Waals surface area contributed by atoms with Crippen molar-refractivity contribution in [1.29, 1.82) is 0 Å². The van der Waals surface area contributed by atoms with Gasteiger partial charge in [-0.15, -0.1) is 0 Å². The molecule has 1 aliphatic carbocycles. The lowest BCUT2D eigenvalue weighted by Gasteiger charge is -2.33. The van der Waals surface area contributed by atoms with Crippen LogP contribution >= 0.6 is 0 Å². The first-order chi connectivity index (χ1) is 10.1. The van der Waals surface area contributed by atoms with Crippen LogP contribution < -0.4 is 5.32 Å². The number of aromatic nitrogens is 2. The summed E-state index contributed by atoms with van der Waals surface area (Å²) in [5, 5.41) is 12.9. The Morgan fingerprint density at radius 3 is 2.90 bits per heavy atom. The number of carbonyl (C=O) groups is 1. The van der Waals surface area contributed by atoms with Gasteiger partial charge in [-0.05, 0) is 43.2 Å². The van der Waals surface area contributed by atoms with Crippen molar-refractivity contribution in [2.45, 2.75) is 39.2 Å². The molecule has 5 heteroatoms. The van der Waals surface area contributed by atoms with Gasteiger partial charge in [-0.3, -0.25) is 4.40 Å². The molecule has 0 amide bonds. The van der Waals surface area contributed by atoms with E-state index in [0.717, 1.165) is 12.3 Å². The number of fused-ring (bicyclic) bond motifs is 1. The maximum atomic E-state index is 11.6. The van der Waals surface area contributed by atoms with Crippen LogP contribution in [0.4, 0.5) is 5.82 Å². The lowest BCUT2D eigenvalue weighted by atomic mass is 9.80. The molecule has 2 aromatic heterocycles. The highest BCUT2D eigenvalue weighted by Gasteiger charge is 2.28. The topological polar surface area (TPSA) is 66.6 Å². The number of carboxylic acids is 1. The van der Waals surface area contributed by atoms with E-state index < -0.39 is 5.97 Å². The van der Waals surface area contributed by atoms with Gasteiger partial charge in [-0.25, -0.2) is 9.78 Å². The minimum Gasteiger partial charge on any atom is -0.476 e. The van der Waals surface area contributed by atoms with Crippen LogP contribution in [0.25, 0.3) is 5.65 Å². The van der Waals surface area contributed by atoms with Crippen molar-refractivity contribution in [3.8, 4) is 0 Å². The van der Waals surface area contributed by atoms with Crippen LogP contribution in [-0.4, -0.2) is 26.5 Å². The third-order valence-electron chi connectivity index (χ3n) is 4.49. The first-order valence-corrected chi connectivity index (χ1v) is 7.53. The van der Waals surface area contributed by atoms with E-state index in [9.17, 15) is 9.90 Å². The Balaban J connectivity index is 1.93. The molecule has 21 heavy (non-hydrogen) atoms. The largest absolute Gasteiger partial charge is 0.476 e. The van der Waals surface area contributed by atoms with Crippen LogP contribution in [0.2, 0.25) is 0 Å². The molecule has 3 atom stereocenters. The van der Waals surface area contributed by atoms with E-state index in [1.165, 1.54) is 12.8 Å². The van der Waals surface area contributed by atoms with Gasteiger partial charge in [0, 0.05) is 12.2 Å². The van der Waals surface area contributed by atoms with Gasteiger partial charge in [-0.1, -0.05) is 19.9 Å². The van der Waals surface area contributed by atoms with Crippen LogP contribution in [0.3, 0.4) is 0 Å². The molecule has 5 nitrogen and oxygen atoms in total. The molecular formula is C16H21N3O2. The molecule has 2 aromatic rings. The maximum absolute atomic E-state index is 11.6. The minimum atomic E-state index is -0.951. The number of anilines is 1. The Kier molecular flexibility index (Phi) is 3.57. The van der Waals surface area contributed by atoms with Crippen molar-refractivity contribution in [1.82, 2.24) is 9.38 Å². The fourth-order valence-electron chi connectivity index (χ4n) is 3.36. The molecule has 3 rings (SSSR count). The van der Waals surface area contributed by atoms with E-state index in [1.54, 1.807) is 10.6 Å². The number of pyridine rings is 1. The highest BCUT2D eigenvalue weighted by Crippen LogP contribution is 2.31. The summed E-state index contributed by atoms with van der Waals surface area (Å²) in [6, 6.07) is 5.80. The number of nitrogens with zero attached hydrogens (tertiary/aromatic N) is 2. The summed E-state index contributed by atoms with van der Waals surface area (Å²) in [5.41, 5.74) is 0.880. The Hall–Kier alpha value is -2.04. The number of hydrogen-bond acceptors (Lipinski definition) is 3. The fraction of sp³-hybridized carbons (Fsp3) is 0.500. The molecule has 0 spiro atoms. The molecule has 2 N–H and O–H groups in total. The molecule has 1 saturated carbocycles. The molecule has 0 saturated heterocycles. The Bertz CT molecular complexity index is 665. The quantitative estimate of drug-likeness (QED) is 0.909. The average Bonchev–Trinajstić information content (AvgIpc) is 2.80. The number of carboxylic acid groups (broad SMARTS) is 1. The predicted molar refractivity (Wildman–Crippen MR) is 81.7 cm³/mol. The molecule has 0 radical (unpaired) electrons. The first-order valence-electron chi connectivity index (χ1n) is 7.53. The second kappa shape index (κ2) is 5.39. The van der Waals surface area contributed by atoms with Crippen molar-refractivity contribution >= 4 is 17.4 Å². The molecule has 0 aromatic carbocycles. The van der Waals surface area contributed by atoms with Crippen molar-refractivity contribution < 1.29 is 9.90 Å². The number of aromatic carboxylic acids is 1. The Morgan fingerprint density at radius 1 is 1.38 bits per heavy atom. The summed E-state index contributed by atoms with van der Waals surface area (Å²) in [4.78, 5) is 16.0. The third-order valence-corrected chi connectivity index (χ3v) is 4.49. The van der Waals surface area contributed by atoms with E-state index in [0.29, 0.717) is 23.4 Å². The second-order valence-electron chi connectivity index (χ2n) is 6.19. The van der Waals surface area contributed by atoms with Crippen molar-refractivity contribution in [2.75, 3.05) is 5.32 Å². The molecule has 1 fully saturated rings. The van der Waals surface area contributed by atoms with Gasteiger partial charge in [0.2, 0.25) is 0 Å².